The summed E-state index contributed by atoms with van der Waals surface area (Å²) in [6, 6.07) is 156. The summed E-state index contributed by atoms with van der Waals surface area (Å²) in [7, 11) is 0. The van der Waals surface area contributed by atoms with Gasteiger partial charge in [-0.3, -0.25) is 0 Å². The predicted octanol–water partition coefficient (Wildman–Crippen LogP) is 41.8. The highest BCUT2D eigenvalue weighted by atomic mass is 32.1. The van der Waals surface area contributed by atoms with Crippen LogP contribution in [-0.2, 0) is 0 Å². The summed E-state index contributed by atoms with van der Waals surface area (Å²) in [6.45, 7) is 0. The van der Waals surface area contributed by atoms with Gasteiger partial charge in [-0.15, -0.1) is 90.7 Å². The zero-order chi connectivity index (χ0) is 91.5. The molecule has 11 aromatic heterocycles. The van der Waals surface area contributed by atoms with Crippen molar-refractivity contribution in [3.8, 4) is 11.1 Å². The van der Waals surface area contributed by atoms with E-state index in [-0.39, 0.29) is 0 Å². The number of anilines is 9. The molecule has 0 aliphatic heterocycles. The maximum atomic E-state index is 6.74. The van der Waals surface area contributed by atoms with E-state index in [4.69, 9.17) is 13.3 Å². The maximum Gasteiger partial charge on any atom is 0.159 e. The summed E-state index contributed by atoms with van der Waals surface area (Å²) >= 11 is 15.1. The van der Waals surface area contributed by atoms with Crippen molar-refractivity contribution in [2.24, 2.45) is 0 Å². The molecule has 0 saturated heterocycles. The van der Waals surface area contributed by atoms with Crippen LogP contribution in [0.3, 0.4) is 0 Å². The van der Waals surface area contributed by atoms with Crippen molar-refractivity contribution >= 4 is 369 Å². The SMILES string of the molecule is c1ccc(-c2ccc(N(c3cccc4sc5ccccc5c34)c3cccc4sc5ccc6c7ccccc7sc6c5c34)cc2)cc1.c1ccc2c(c1)oc1c(N(c3cccc4c3oc3ccccc34)c3cccc4sc5ccc6c7ccccc7sc6c5c34)cccc12.c1ccc2c(c1)oc1c(N(c3cccc4c3sc3ccccc34)c3cccc4sc5ccc6c7ccccc7sc6c5c34)cccc12. The Balaban J connectivity index is 0.0000000987. The Morgan fingerprint density at radius 3 is 0.800 bits per heavy atom. The van der Waals surface area contributed by atoms with Gasteiger partial charge in [0.25, 0.3) is 0 Å². The van der Waals surface area contributed by atoms with E-state index in [2.05, 4.69) is 433 Å². The van der Waals surface area contributed by atoms with E-state index >= 15 is 0 Å². The molecule has 0 radical (unpaired) electrons. The molecular formula is C126H71N3O3S8. The van der Waals surface area contributed by atoms with E-state index in [9.17, 15) is 0 Å². The highest BCUT2D eigenvalue weighted by molar-refractivity contribution is 7.32. The molecular weight excluding hydrogens is 1860 g/mol. The Hall–Kier alpha value is -15.8. The fraction of sp³-hybridized carbons (Fsp3) is 0. The van der Waals surface area contributed by atoms with Crippen molar-refractivity contribution in [2.45, 2.75) is 0 Å². The van der Waals surface area contributed by atoms with Crippen LogP contribution in [0.4, 0.5) is 51.2 Å². The third kappa shape index (κ3) is 12.3. The van der Waals surface area contributed by atoms with Gasteiger partial charge >= 0.3 is 0 Å². The minimum absolute atomic E-state index is 0.852. The molecule has 656 valence electrons. The van der Waals surface area contributed by atoms with Crippen LogP contribution in [0.15, 0.2) is 444 Å². The van der Waals surface area contributed by atoms with E-state index in [0.29, 0.717) is 0 Å². The number of hydrogen-bond donors (Lipinski definition) is 0. The standard InChI is InChI=1S/C42H23NO2S2.C42H23NOS3.C42H25NS3/c1-4-18-33-24(10-1)27-13-7-16-31(40(27)44-33)43(32-17-8-14-28-25-11-2-5-19-34(25)45-41(28)32)30-15-9-21-36-38(30)39-37(46-36)23-22-29-26-12-3-6-20-35(26)47-42(29)39;1-4-18-33-24(10-1)27-13-7-16-31(40(27)44-33)43(32-17-8-14-28-25-11-2-5-19-34(25)46-41(28)32)30-15-9-21-36-38(30)39-37(45-36)23-22-29-26-12-3-6-20-35(26)47-42(29)39;1-2-10-26(11-3-1)27-20-22-28(23-21-27)43(32-14-8-18-36-39(32)31-13-5-7-17-35(31)44-36)33-15-9-19-37-40(33)41-38(45-37)25-24-30-29-12-4-6-16-34(29)46-42(30)41/h2*1-23H;1-25H. The van der Waals surface area contributed by atoms with Crippen LogP contribution in [-0.4, -0.2) is 0 Å². The second-order valence-electron chi connectivity index (χ2n) is 35.7. The van der Waals surface area contributed by atoms with E-state index in [1.54, 1.807) is 0 Å². The highest BCUT2D eigenvalue weighted by Crippen LogP contribution is 2.59. The van der Waals surface area contributed by atoms with Crippen molar-refractivity contribution in [3.05, 3.63) is 431 Å². The molecule has 0 aliphatic rings. The quantitative estimate of drug-likeness (QED) is 0.136. The Morgan fingerprint density at radius 2 is 0.393 bits per heavy atom. The van der Waals surface area contributed by atoms with E-state index in [0.717, 1.165) is 106 Å². The number of thiophene rings is 8. The minimum atomic E-state index is 0.852. The molecule has 21 aromatic carbocycles. The Kier molecular flexibility index (Phi) is 18.3. The highest BCUT2D eigenvalue weighted by Gasteiger charge is 2.32. The van der Waals surface area contributed by atoms with Crippen LogP contribution < -0.4 is 14.7 Å². The summed E-state index contributed by atoms with van der Waals surface area (Å²) in [5, 5.41) is 27.6. The number of rotatable bonds is 10. The Bertz CT molecular complexity index is 10100. The molecule has 0 amide bonds. The average molecular weight is 1930 g/mol. The predicted molar refractivity (Wildman–Crippen MR) is 614 cm³/mol. The lowest BCUT2D eigenvalue weighted by Crippen LogP contribution is -2.11. The topological polar surface area (TPSA) is 49.1 Å². The summed E-state index contributed by atoms with van der Waals surface area (Å²) in [4.78, 5) is 7.36. The van der Waals surface area contributed by atoms with Gasteiger partial charge in [-0.05, 0) is 163 Å². The van der Waals surface area contributed by atoms with Crippen LogP contribution in [0.2, 0.25) is 0 Å². The lowest BCUT2D eigenvalue weighted by atomic mass is 10.0. The Morgan fingerprint density at radius 1 is 0.136 bits per heavy atom. The Labute approximate surface area is 831 Å². The van der Waals surface area contributed by atoms with Gasteiger partial charge in [-0.2, -0.15) is 0 Å². The molecule has 32 rings (SSSR count). The van der Waals surface area contributed by atoms with Crippen LogP contribution in [0.1, 0.15) is 0 Å². The van der Waals surface area contributed by atoms with Crippen LogP contribution in [0.25, 0.3) is 238 Å². The normalized spacial score (nSPS) is 12.1. The van der Waals surface area contributed by atoms with E-state index in [1.165, 1.54) is 184 Å². The summed E-state index contributed by atoms with van der Waals surface area (Å²) in [5.74, 6) is 0. The molecule has 0 bridgehead atoms. The molecule has 0 N–H and O–H groups in total. The number of furan rings is 3. The molecule has 0 spiro atoms. The van der Waals surface area contributed by atoms with Crippen LogP contribution in [0, 0.1) is 0 Å². The van der Waals surface area contributed by atoms with Crippen molar-refractivity contribution in [3.63, 3.8) is 0 Å². The van der Waals surface area contributed by atoms with Gasteiger partial charge in [0.1, 0.15) is 16.7 Å². The first-order valence-electron chi connectivity index (χ1n) is 46.8. The fourth-order valence-electron chi connectivity index (χ4n) is 22.0. The molecule has 14 heteroatoms. The second kappa shape index (κ2) is 31.9. The van der Waals surface area contributed by atoms with Gasteiger partial charge in [-0.25, -0.2) is 0 Å². The molecule has 0 fully saturated rings. The number of nitrogens with zero attached hydrogens (tertiary/aromatic N) is 3. The number of hydrogen-bond acceptors (Lipinski definition) is 14. The lowest BCUT2D eigenvalue weighted by Gasteiger charge is -2.27. The van der Waals surface area contributed by atoms with Crippen molar-refractivity contribution in [1.82, 2.24) is 0 Å². The molecule has 0 aliphatic carbocycles. The fourth-order valence-corrected chi connectivity index (χ4v) is 31.7. The zero-order valence-electron chi connectivity index (χ0n) is 74.3. The van der Waals surface area contributed by atoms with E-state index < -0.39 is 0 Å². The largest absolute Gasteiger partial charge is 0.454 e. The number of benzene rings is 21. The molecule has 0 saturated carbocycles. The summed E-state index contributed by atoms with van der Waals surface area (Å²) < 4.78 is 41.1. The van der Waals surface area contributed by atoms with Crippen LogP contribution >= 0.6 is 90.7 Å². The average Bonchev–Trinajstić information content (AvgIpc) is 1.56. The smallest absolute Gasteiger partial charge is 0.159 e. The van der Waals surface area contributed by atoms with Gasteiger partial charge in [0.2, 0.25) is 0 Å². The molecule has 0 unspecified atom stereocenters. The monoisotopic (exact) mass is 1930 g/mol. The first-order chi connectivity index (χ1) is 69.4. The molecule has 11 heterocycles. The molecule has 0 atom stereocenters. The van der Waals surface area contributed by atoms with Gasteiger partial charge in [0.05, 0.1) is 50.2 Å². The first kappa shape index (κ1) is 80.3. The lowest BCUT2D eigenvalue weighted by molar-refractivity contribution is 0.666. The van der Waals surface area contributed by atoms with Crippen molar-refractivity contribution < 1.29 is 13.3 Å². The summed E-state index contributed by atoms with van der Waals surface area (Å²) in [5.41, 5.74) is 17.7. The number of para-hydroxylation sites is 6. The number of fused-ring (bicyclic) bond motifs is 36. The zero-order valence-corrected chi connectivity index (χ0v) is 80.9. The second-order valence-corrected chi connectivity index (χ2v) is 44.2. The van der Waals surface area contributed by atoms with E-state index in [1.807, 2.05) is 103 Å². The molecule has 140 heavy (non-hydrogen) atoms. The van der Waals surface area contributed by atoms with Gasteiger partial charge in [0, 0.05) is 195 Å². The third-order valence-electron chi connectivity index (χ3n) is 28.0. The van der Waals surface area contributed by atoms with Gasteiger partial charge < -0.3 is 28.0 Å². The van der Waals surface area contributed by atoms with Crippen LogP contribution in [0.5, 0.6) is 0 Å². The minimum Gasteiger partial charge on any atom is -0.454 e. The molecule has 32 aromatic rings. The molecule has 6 nitrogen and oxygen atoms in total. The van der Waals surface area contributed by atoms with Gasteiger partial charge in [-0.1, -0.05) is 279 Å². The maximum absolute atomic E-state index is 6.74. The van der Waals surface area contributed by atoms with Gasteiger partial charge in [0.15, 0.2) is 16.7 Å². The summed E-state index contributed by atoms with van der Waals surface area (Å²) in [6.07, 6.45) is 0. The third-order valence-corrected chi connectivity index (χ3v) is 37.3. The first-order valence-corrected chi connectivity index (χ1v) is 53.3. The van der Waals surface area contributed by atoms with Crippen molar-refractivity contribution in [2.75, 3.05) is 14.7 Å². The van der Waals surface area contributed by atoms with Crippen molar-refractivity contribution in [1.29, 1.82) is 0 Å².